The zero-order valence-corrected chi connectivity index (χ0v) is 11.9. The normalized spacial score (nSPS) is 10.7. The van der Waals surface area contributed by atoms with Crippen LogP contribution in [0.25, 0.3) is 10.8 Å². The van der Waals surface area contributed by atoms with Crippen molar-refractivity contribution in [3.63, 3.8) is 0 Å². The van der Waals surface area contributed by atoms with Crippen molar-refractivity contribution in [1.82, 2.24) is 4.98 Å². The minimum Gasteiger partial charge on any atom is -0.398 e. The van der Waals surface area contributed by atoms with Gasteiger partial charge in [0, 0.05) is 40.2 Å². The summed E-state index contributed by atoms with van der Waals surface area (Å²) in [5.74, 6) is 0. The lowest BCUT2D eigenvalue weighted by Gasteiger charge is -2.11. The molecule has 3 N–H and O–H groups in total. The molecule has 0 bridgehead atoms. The van der Waals surface area contributed by atoms with E-state index in [0.717, 1.165) is 22.1 Å². The van der Waals surface area contributed by atoms with Crippen LogP contribution in [0.1, 0.15) is 0 Å². The van der Waals surface area contributed by atoms with Crippen molar-refractivity contribution in [3.05, 3.63) is 58.8 Å². The minimum absolute atomic E-state index is 0.512. The van der Waals surface area contributed by atoms with E-state index in [9.17, 15) is 0 Å². The molecule has 0 radical (unpaired) electrons. The number of halogens is 2. The number of pyridine rings is 1. The summed E-state index contributed by atoms with van der Waals surface area (Å²) < 4.78 is 0. The van der Waals surface area contributed by atoms with Gasteiger partial charge in [0.2, 0.25) is 0 Å². The Kier molecular flexibility index (Phi) is 3.38. The van der Waals surface area contributed by atoms with E-state index in [4.69, 9.17) is 28.9 Å². The molecule has 0 spiro atoms. The van der Waals surface area contributed by atoms with Crippen LogP contribution in [0.5, 0.6) is 0 Å². The van der Waals surface area contributed by atoms with Gasteiger partial charge >= 0.3 is 0 Å². The van der Waals surface area contributed by atoms with Gasteiger partial charge in [-0.3, -0.25) is 4.98 Å². The second kappa shape index (κ2) is 5.19. The van der Waals surface area contributed by atoms with Crippen molar-refractivity contribution in [1.29, 1.82) is 0 Å². The third-order valence-electron chi connectivity index (χ3n) is 3.05. The number of fused-ring (bicyclic) bond motifs is 1. The van der Waals surface area contributed by atoms with Gasteiger partial charge < -0.3 is 11.1 Å². The van der Waals surface area contributed by atoms with E-state index in [1.807, 2.05) is 24.3 Å². The van der Waals surface area contributed by atoms with E-state index in [1.165, 1.54) is 0 Å². The number of benzene rings is 2. The Morgan fingerprint density at radius 1 is 0.950 bits per heavy atom. The van der Waals surface area contributed by atoms with Crippen molar-refractivity contribution in [3.8, 4) is 0 Å². The predicted molar refractivity (Wildman–Crippen MR) is 85.9 cm³/mol. The Balaban J connectivity index is 2.06. The number of nitrogens with two attached hydrogens (primary N) is 1. The molecule has 0 amide bonds. The zero-order valence-electron chi connectivity index (χ0n) is 10.4. The summed E-state index contributed by atoms with van der Waals surface area (Å²) in [5.41, 5.74) is 8.46. The molecule has 3 aromatic rings. The van der Waals surface area contributed by atoms with Crippen molar-refractivity contribution in [2.45, 2.75) is 0 Å². The highest BCUT2D eigenvalue weighted by atomic mass is 35.5. The number of nitrogens with one attached hydrogen (secondary N) is 1. The molecule has 0 aliphatic rings. The Hall–Kier alpha value is -1.97. The molecule has 0 saturated carbocycles. The Labute approximate surface area is 126 Å². The fourth-order valence-electron chi connectivity index (χ4n) is 2.05. The lowest BCUT2D eigenvalue weighted by molar-refractivity contribution is 1.36. The fraction of sp³-hybridized carbons (Fsp3) is 0. The average Bonchev–Trinajstić information content (AvgIpc) is 2.46. The average molecular weight is 304 g/mol. The molecule has 0 aliphatic carbocycles. The molecule has 0 aliphatic heterocycles. The Morgan fingerprint density at radius 3 is 2.60 bits per heavy atom. The second-order valence-corrected chi connectivity index (χ2v) is 5.19. The van der Waals surface area contributed by atoms with Crippen molar-refractivity contribution >= 4 is 51.0 Å². The van der Waals surface area contributed by atoms with Crippen molar-refractivity contribution < 1.29 is 0 Å². The van der Waals surface area contributed by atoms with Gasteiger partial charge in [0.05, 0.1) is 10.0 Å². The topological polar surface area (TPSA) is 50.9 Å². The fourth-order valence-corrected chi connectivity index (χ4v) is 2.35. The molecule has 5 heteroatoms. The van der Waals surface area contributed by atoms with Crippen LogP contribution in [0.15, 0.2) is 48.8 Å². The van der Waals surface area contributed by atoms with Crippen LogP contribution >= 0.6 is 23.2 Å². The first kappa shape index (κ1) is 13.0. The van der Waals surface area contributed by atoms with Gasteiger partial charge in [0.1, 0.15) is 0 Å². The molecular formula is C15H11Cl2N3. The maximum Gasteiger partial charge on any atom is 0.0612 e. The number of rotatable bonds is 2. The number of nitrogens with zero attached hydrogens (tertiary/aromatic N) is 1. The molecule has 20 heavy (non-hydrogen) atoms. The molecule has 2 aromatic carbocycles. The molecule has 3 rings (SSSR count). The van der Waals surface area contributed by atoms with Crippen LogP contribution in [0.2, 0.25) is 10.0 Å². The third kappa shape index (κ3) is 2.38. The van der Waals surface area contributed by atoms with Crippen LogP contribution in [0, 0.1) is 0 Å². The second-order valence-electron chi connectivity index (χ2n) is 4.38. The van der Waals surface area contributed by atoms with E-state index in [2.05, 4.69) is 10.3 Å². The highest BCUT2D eigenvalue weighted by Gasteiger charge is 2.05. The standard InChI is InChI=1S/C15H11Cl2N3/c16-12-2-1-9(7-13(12)17)20-15-4-3-14(18)11-8-19-6-5-10(11)15/h1-8,20H,18H2. The monoisotopic (exact) mass is 303 g/mol. The molecule has 3 nitrogen and oxygen atoms in total. The van der Waals surface area contributed by atoms with Gasteiger partial charge in [-0.25, -0.2) is 0 Å². The maximum atomic E-state index is 6.02. The molecule has 1 aromatic heterocycles. The maximum absolute atomic E-state index is 6.02. The third-order valence-corrected chi connectivity index (χ3v) is 3.79. The zero-order chi connectivity index (χ0) is 14.1. The molecule has 1 heterocycles. The molecular weight excluding hydrogens is 293 g/mol. The lowest BCUT2D eigenvalue weighted by Crippen LogP contribution is -1.94. The summed E-state index contributed by atoms with van der Waals surface area (Å²) >= 11 is 11.9. The van der Waals surface area contributed by atoms with Crippen molar-refractivity contribution in [2.24, 2.45) is 0 Å². The van der Waals surface area contributed by atoms with E-state index >= 15 is 0 Å². The van der Waals surface area contributed by atoms with Gasteiger partial charge in [0.25, 0.3) is 0 Å². The summed E-state index contributed by atoms with van der Waals surface area (Å²) in [6, 6.07) is 11.1. The summed E-state index contributed by atoms with van der Waals surface area (Å²) in [5, 5.41) is 6.28. The van der Waals surface area contributed by atoms with Crippen LogP contribution in [0.4, 0.5) is 17.1 Å². The van der Waals surface area contributed by atoms with Gasteiger partial charge in [-0.15, -0.1) is 0 Å². The number of aromatic nitrogens is 1. The molecule has 0 unspecified atom stereocenters. The van der Waals surface area contributed by atoms with Gasteiger partial charge in [-0.05, 0) is 36.4 Å². The van der Waals surface area contributed by atoms with E-state index < -0.39 is 0 Å². The van der Waals surface area contributed by atoms with Gasteiger partial charge in [-0.2, -0.15) is 0 Å². The predicted octanol–water partition coefficient (Wildman–Crippen LogP) is 4.87. The highest BCUT2D eigenvalue weighted by Crippen LogP contribution is 2.31. The number of anilines is 3. The summed E-state index contributed by atoms with van der Waals surface area (Å²) in [4.78, 5) is 4.10. The van der Waals surface area contributed by atoms with Crippen LogP contribution in [-0.4, -0.2) is 4.98 Å². The smallest absolute Gasteiger partial charge is 0.0612 e. The lowest BCUT2D eigenvalue weighted by atomic mass is 10.1. The SMILES string of the molecule is Nc1ccc(Nc2ccc(Cl)c(Cl)c2)c2ccncc12. The summed E-state index contributed by atoms with van der Waals surface area (Å²) in [7, 11) is 0. The quantitative estimate of drug-likeness (QED) is 0.664. The van der Waals surface area contributed by atoms with Gasteiger partial charge in [-0.1, -0.05) is 23.2 Å². The minimum atomic E-state index is 0.512. The Morgan fingerprint density at radius 2 is 1.80 bits per heavy atom. The first-order chi connectivity index (χ1) is 9.65. The van der Waals surface area contributed by atoms with E-state index in [-0.39, 0.29) is 0 Å². The number of hydrogen-bond donors (Lipinski definition) is 2. The van der Waals surface area contributed by atoms with E-state index in [1.54, 1.807) is 24.5 Å². The molecule has 0 atom stereocenters. The molecule has 0 fully saturated rings. The highest BCUT2D eigenvalue weighted by molar-refractivity contribution is 6.42. The first-order valence-corrected chi connectivity index (χ1v) is 6.75. The summed E-state index contributed by atoms with van der Waals surface area (Å²) in [6.45, 7) is 0. The molecule has 100 valence electrons. The number of nitrogen functional groups attached to an aromatic ring is 1. The van der Waals surface area contributed by atoms with Crippen LogP contribution in [0.3, 0.4) is 0 Å². The first-order valence-electron chi connectivity index (χ1n) is 5.99. The Bertz CT molecular complexity index is 787. The molecule has 0 saturated heterocycles. The van der Waals surface area contributed by atoms with Crippen LogP contribution < -0.4 is 11.1 Å². The van der Waals surface area contributed by atoms with E-state index in [0.29, 0.717) is 15.7 Å². The number of hydrogen-bond acceptors (Lipinski definition) is 3. The van der Waals surface area contributed by atoms with Gasteiger partial charge in [0.15, 0.2) is 0 Å². The van der Waals surface area contributed by atoms with Crippen LogP contribution in [-0.2, 0) is 0 Å². The van der Waals surface area contributed by atoms with Crippen molar-refractivity contribution in [2.75, 3.05) is 11.1 Å². The largest absolute Gasteiger partial charge is 0.398 e. The summed E-state index contributed by atoms with van der Waals surface area (Å²) in [6.07, 6.45) is 3.49.